The molecule has 0 bridgehead atoms. The minimum absolute atomic E-state index is 0.219. The van der Waals surface area contributed by atoms with Crippen LogP contribution in [0, 0.1) is 5.82 Å². The molecule has 1 saturated heterocycles. The molecule has 1 aliphatic heterocycles. The number of hydrogen-bond donors (Lipinski definition) is 0. The topological polar surface area (TPSA) is 41.0 Å². The van der Waals surface area contributed by atoms with Gasteiger partial charge >= 0.3 is 0 Å². The summed E-state index contributed by atoms with van der Waals surface area (Å²) in [6.07, 6.45) is 0. The molecule has 2 aliphatic rings. The molecule has 7 heteroatoms. The molecule has 44 heavy (non-hydrogen) atoms. The molecular formula is C37H28BrFN4O. The Labute approximate surface area is 263 Å². The van der Waals surface area contributed by atoms with Crippen LogP contribution < -0.4 is 9.80 Å². The Balaban J connectivity index is 1.21. The van der Waals surface area contributed by atoms with E-state index in [0.29, 0.717) is 6.61 Å². The summed E-state index contributed by atoms with van der Waals surface area (Å²) in [5, 5.41) is 8.28. The van der Waals surface area contributed by atoms with Crippen molar-refractivity contribution in [2.75, 3.05) is 36.0 Å². The smallest absolute Gasteiger partial charge is 0.142 e. The van der Waals surface area contributed by atoms with Crippen LogP contribution in [0.25, 0.3) is 32.8 Å². The first kappa shape index (κ1) is 26.8. The van der Waals surface area contributed by atoms with Gasteiger partial charge in [-0.1, -0.05) is 87.8 Å². The predicted octanol–water partition coefficient (Wildman–Crippen LogP) is 8.57. The number of halogens is 2. The Morgan fingerprint density at radius 1 is 0.727 bits per heavy atom. The molecule has 1 fully saturated rings. The van der Waals surface area contributed by atoms with Crippen molar-refractivity contribution in [3.63, 3.8) is 0 Å². The highest BCUT2D eigenvalue weighted by Gasteiger charge is 2.34. The van der Waals surface area contributed by atoms with Crippen molar-refractivity contribution in [3.05, 3.63) is 136 Å². The number of piperazine rings is 1. The lowest BCUT2D eigenvalue weighted by Crippen LogP contribution is -2.47. The quantitative estimate of drug-likeness (QED) is 0.176. The summed E-state index contributed by atoms with van der Waals surface area (Å²) in [7, 11) is 0. The first-order valence-corrected chi connectivity index (χ1v) is 15.6. The van der Waals surface area contributed by atoms with Crippen LogP contribution in [0.1, 0.15) is 16.7 Å². The van der Waals surface area contributed by atoms with Crippen LogP contribution in [0.2, 0.25) is 0 Å². The maximum Gasteiger partial charge on any atom is 0.142 e. The van der Waals surface area contributed by atoms with Gasteiger partial charge in [-0.05, 0) is 64.4 Å². The minimum atomic E-state index is -0.219. The van der Waals surface area contributed by atoms with E-state index in [9.17, 15) is 4.39 Å². The maximum atomic E-state index is 13.6. The Morgan fingerprint density at radius 3 is 2.30 bits per heavy atom. The van der Waals surface area contributed by atoms with E-state index in [1.54, 1.807) is 0 Å². The molecule has 0 saturated carbocycles. The third-order valence-electron chi connectivity index (χ3n) is 8.64. The van der Waals surface area contributed by atoms with Gasteiger partial charge < -0.3 is 14.6 Å². The number of hydrogen-bond acceptors (Lipinski definition) is 5. The van der Waals surface area contributed by atoms with Gasteiger partial charge in [0.25, 0.3) is 0 Å². The first-order valence-electron chi connectivity index (χ1n) is 14.8. The number of anilines is 2. The fraction of sp³-hybridized carbons (Fsp3) is 0.135. The van der Waals surface area contributed by atoms with Crippen LogP contribution in [0.4, 0.5) is 15.9 Å². The van der Waals surface area contributed by atoms with Crippen molar-refractivity contribution >= 4 is 54.8 Å². The second-order valence-corrected chi connectivity index (χ2v) is 12.1. The average Bonchev–Trinajstić information content (AvgIpc) is 3.40. The zero-order valence-corrected chi connectivity index (χ0v) is 25.5. The third kappa shape index (κ3) is 4.68. The molecule has 2 heterocycles. The highest BCUT2D eigenvalue weighted by molar-refractivity contribution is 9.10. The molecule has 5 aromatic carbocycles. The molecule has 0 radical (unpaired) electrons. The molecule has 0 N–H and O–H groups in total. The molecule has 6 aromatic rings. The van der Waals surface area contributed by atoms with Gasteiger partial charge in [0.15, 0.2) is 0 Å². The highest BCUT2D eigenvalue weighted by atomic mass is 79.9. The van der Waals surface area contributed by atoms with Crippen molar-refractivity contribution in [1.29, 1.82) is 0 Å². The van der Waals surface area contributed by atoms with Crippen molar-refractivity contribution in [2.45, 2.75) is 6.61 Å². The van der Waals surface area contributed by atoms with Crippen LogP contribution in [0.5, 0.6) is 0 Å². The van der Waals surface area contributed by atoms with Gasteiger partial charge in [0.1, 0.15) is 24.0 Å². The van der Waals surface area contributed by atoms with Gasteiger partial charge in [0, 0.05) is 52.9 Å². The second kappa shape index (κ2) is 11.1. The van der Waals surface area contributed by atoms with Gasteiger partial charge in [-0.2, -0.15) is 0 Å². The summed E-state index contributed by atoms with van der Waals surface area (Å²) in [6.45, 7) is 3.52. The van der Waals surface area contributed by atoms with E-state index in [1.165, 1.54) is 22.9 Å². The molecule has 8 rings (SSSR count). The third-order valence-corrected chi connectivity index (χ3v) is 9.14. The van der Waals surface area contributed by atoms with E-state index in [-0.39, 0.29) is 5.82 Å². The number of benzene rings is 5. The van der Waals surface area contributed by atoms with Gasteiger partial charge in [-0.25, -0.2) is 9.37 Å². The molecule has 5 nitrogen and oxygen atoms in total. The molecule has 0 spiro atoms. The summed E-state index contributed by atoms with van der Waals surface area (Å²) in [5.41, 5.74) is 8.19. The average molecular weight is 644 g/mol. The largest absolute Gasteiger partial charge is 0.390 e. The van der Waals surface area contributed by atoms with Crippen molar-refractivity contribution in [2.24, 2.45) is 5.16 Å². The highest BCUT2D eigenvalue weighted by Crippen LogP contribution is 2.46. The number of fused-ring (bicyclic) bond motifs is 6. The molecule has 216 valence electrons. The minimum Gasteiger partial charge on any atom is -0.390 e. The molecule has 1 aliphatic carbocycles. The molecule has 1 aromatic heterocycles. The van der Waals surface area contributed by atoms with Gasteiger partial charge in [0.05, 0.1) is 11.1 Å². The summed E-state index contributed by atoms with van der Waals surface area (Å²) < 4.78 is 14.6. The summed E-state index contributed by atoms with van der Waals surface area (Å²) in [4.78, 5) is 16.1. The Kier molecular flexibility index (Phi) is 6.75. The van der Waals surface area contributed by atoms with Crippen LogP contribution in [0.15, 0.2) is 119 Å². The first-order chi connectivity index (χ1) is 21.6. The van der Waals surface area contributed by atoms with Crippen LogP contribution in [-0.4, -0.2) is 36.9 Å². The fourth-order valence-corrected chi connectivity index (χ4v) is 6.87. The summed E-state index contributed by atoms with van der Waals surface area (Å²) in [5.74, 6) is 0.696. The standard InChI is InChI=1S/C37H28BrFN4O/c38-26-12-17-33-32(22-26)34-30-10-3-4-11-31(30)36(41-44-23-25-8-5-7-24-6-1-2-9-29(24)25)35(34)37(40-33)43-20-18-42(19-21-43)28-15-13-27(39)14-16-28/h1-17,22H,18-21,23H2/b41-36+. The fourth-order valence-electron chi connectivity index (χ4n) is 6.51. The second-order valence-electron chi connectivity index (χ2n) is 11.2. The van der Waals surface area contributed by atoms with E-state index in [2.05, 4.69) is 105 Å². The monoisotopic (exact) mass is 642 g/mol. The van der Waals surface area contributed by atoms with Crippen LogP contribution >= 0.6 is 15.9 Å². The number of nitrogens with zero attached hydrogens (tertiary/aromatic N) is 4. The SMILES string of the molecule is Fc1ccc(N2CCN(c3nc4ccc(Br)cc4c4c3/C(=N/OCc3cccc5ccccc35)c3ccccc3-4)CC2)cc1. The van der Waals surface area contributed by atoms with E-state index in [0.717, 1.165) is 86.6 Å². The summed E-state index contributed by atoms with van der Waals surface area (Å²) in [6, 6.07) is 36.0. The van der Waals surface area contributed by atoms with Crippen molar-refractivity contribution in [3.8, 4) is 11.1 Å². The normalized spacial score (nSPS) is 15.2. The molecule has 0 atom stereocenters. The lowest BCUT2D eigenvalue weighted by atomic mass is 10.0. The predicted molar refractivity (Wildman–Crippen MR) is 180 cm³/mol. The van der Waals surface area contributed by atoms with Crippen LogP contribution in [-0.2, 0) is 11.4 Å². The lowest BCUT2D eigenvalue weighted by molar-refractivity contribution is 0.132. The maximum absolute atomic E-state index is 13.6. The van der Waals surface area contributed by atoms with Gasteiger partial charge in [-0.15, -0.1) is 0 Å². The number of rotatable bonds is 5. The number of oxime groups is 1. The Morgan fingerprint density at radius 2 is 1.45 bits per heavy atom. The lowest BCUT2D eigenvalue weighted by Gasteiger charge is -2.37. The molecule has 0 unspecified atom stereocenters. The molecular weight excluding hydrogens is 615 g/mol. The van der Waals surface area contributed by atoms with Gasteiger partial charge in [-0.3, -0.25) is 0 Å². The zero-order valence-electron chi connectivity index (χ0n) is 23.9. The van der Waals surface area contributed by atoms with Crippen molar-refractivity contribution < 1.29 is 9.23 Å². The van der Waals surface area contributed by atoms with Gasteiger partial charge in [0.2, 0.25) is 0 Å². The van der Waals surface area contributed by atoms with Crippen LogP contribution in [0.3, 0.4) is 0 Å². The van der Waals surface area contributed by atoms with E-state index >= 15 is 0 Å². The van der Waals surface area contributed by atoms with E-state index in [1.807, 2.05) is 18.2 Å². The number of aromatic nitrogens is 1. The Bertz CT molecular complexity index is 2060. The van der Waals surface area contributed by atoms with E-state index in [4.69, 9.17) is 15.0 Å². The van der Waals surface area contributed by atoms with Crippen molar-refractivity contribution in [1.82, 2.24) is 4.98 Å². The number of pyridine rings is 1. The summed E-state index contributed by atoms with van der Waals surface area (Å²) >= 11 is 3.69. The Hall–Kier alpha value is -4.75. The van der Waals surface area contributed by atoms with E-state index < -0.39 is 0 Å². The molecule has 0 amide bonds. The zero-order chi connectivity index (χ0) is 29.6.